The number of nitrogens with zero attached hydrogens (tertiary/aromatic N) is 2. The van der Waals surface area contributed by atoms with E-state index in [0.29, 0.717) is 0 Å². The van der Waals surface area contributed by atoms with Crippen molar-refractivity contribution in [2.45, 2.75) is 26.3 Å². The fourth-order valence-electron chi connectivity index (χ4n) is 1.68. The highest BCUT2D eigenvalue weighted by atomic mass is 32.1. The van der Waals surface area contributed by atoms with E-state index >= 15 is 0 Å². The van der Waals surface area contributed by atoms with Crippen LogP contribution in [0.1, 0.15) is 29.8 Å². The van der Waals surface area contributed by atoms with Crippen LogP contribution in [0.2, 0.25) is 0 Å². The lowest BCUT2D eigenvalue weighted by molar-refractivity contribution is 0.524. The zero-order valence-electron chi connectivity index (χ0n) is 8.97. The van der Waals surface area contributed by atoms with Gasteiger partial charge in [-0.25, -0.2) is 4.68 Å². The van der Waals surface area contributed by atoms with Crippen LogP contribution in [-0.2, 0) is 0 Å². The molecular weight excluding hydrogens is 206 g/mol. The van der Waals surface area contributed by atoms with Gasteiger partial charge >= 0.3 is 0 Å². The second kappa shape index (κ2) is 4.06. The summed E-state index contributed by atoms with van der Waals surface area (Å²) < 4.78 is 1.92. The van der Waals surface area contributed by atoms with E-state index in [1.807, 2.05) is 17.8 Å². The predicted octanol–water partition coefficient (Wildman–Crippen LogP) is 2.83. The molecular formula is C11H15N3S. The Balaban J connectivity index is 2.40. The molecule has 1 unspecified atom stereocenters. The largest absolute Gasteiger partial charge is 0.384 e. The molecule has 80 valence electrons. The van der Waals surface area contributed by atoms with Crippen molar-refractivity contribution in [3.05, 3.63) is 34.2 Å². The summed E-state index contributed by atoms with van der Waals surface area (Å²) in [5, 5.41) is 6.43. The van der Waals surface area contributed by atoms with Gasteiger partial charge in [-0.05, 0) is 24.8 Å². The van der Waals surface area contributed by atoms with Crippen molar-refractivity contribution in [2.75, 3.05) is 5.73 Å². The van der Waals surface area contributed by atoms with Gasteiger partial charge < -0.3 is 5.73 Å². The van der Waals surface area contributed by atoms with Gasteiger partial charge in [0.1, 0.15) is 5.82 Å². The third kappa shape index (κ3) is 1.77. The monoisotopic (exact) mass is 221 g/mol. The molecule has 2 aromatic heterocycles. The zero-order valence-corrected chi connectivity index (χ0v) is 9.79. The van der Waals surface area contributed by atoms with E-state index in [4.69, 9.17) is 5.73 Å². The number of thiophene rings is 1. The van der Waals surface area contributed by atoms with Crippen LogP contribution < -0.4 is 5.73 Å². The molecule has 1 atom stereocenters. The minimum absolute atomic E-state index is 0.277. The van der Waals surface area contributed by atoms with Crippen molar-refractivity contribution in [2.24, 2.45) is 0 Å². The molecule has 0 aliphatic rings. The maximum absolute atomic E-state index is 5.99. The van der Waals surface area contributed by atoms with E-state index in [2.05, 4.69) is 29.5 Å². The van der Waals surface area contributed by atoms with E-state index in [-0.39, 0.29) is 6.04 Å². The minimum atomic E-state index is 0.277. The molecule has 0 radical (unpaired) electrons. The summed E-state index contributed by atoms with van der Waals surface area (Å²) in [6.45, 7) is 4.14. The Labute approximate surface area is 93.5 Å². The van der Waals surface area contributed by atoms with Gasteiger partial charge in [0, 0.05) is 10.4 Å². The summed E-state index contributed by atoms with van der Waals surface area (Å²) in [7, 11) is 0. The smallest absolute Gasteiger partial charge is 0.125 e. The normalized spacial score (nSPS) is 12.9. The minimum Gasteiger partial charge on any atom is -0.384 e. The molecule has 15 heavy (non-hydrogen) atoms. The molecule has 0 amide bonds. The lowest BCUT2D eigenvalue weighted by atomic mass is 10.2. The number of nitrogens with two attached hydrogens (primary N) is 1. The van der Waals surface area contributed by atoms with Crippen LogP contribution in [-0.4, -0.2) is 9.78 Å². The van der Waals surface area contributed by atoms with Gasteiger partial charge in [-0.2, -0.15) is 5.10 Å². The Hall–Kier alpha value is -1.29. The zero-order chi connectivity index (χ0) is 10.8. The Bertz CT molecular complexity index is 431. The molecule has 0 saturated carbocycles. The molecule has 0 bridgehead atoms. The highest BCUT2D eigenvalue weighted by Gasteiger charge is 2.16. The van der Waals surface area contributed by atoms with Gasteiger partial charge in [0.05, 0.1) is 12.2 Å². The number of hydrogen-bond donors (Lipinski definition) is 1. The molecule has 0 fully saturated rings. The van der Waals surface area contributed by atoms with E-state index in [1.165, 1.54) is 4.88 Å². The first-order valence-electron chi connectivity index (χ1n) is 5.07. The number of anilines is 1. The molecule has 4 heteroatoms. The highest BCUT2D eigenvalue weighted by Crippen LogP contribution is 2.28. The molecule has 2 aromatic rings. The fraction of sp³-hybridized carbons (Fsp3) is 0.364. The van der Waals surface area contributed by atoms with Crippen LogP contribution >= 0.6 is 11.3 Å². The van der Waals surface area contributed by atoms with E-state index in [0.717, 1.165) is 17.8 Å². The lowest BCUT2D eigenvalue weighted by Crippen LogP contribution is -2.12. The van der Waals surface area contributed by atoms with Gasteiger partial charge in [0.15, 0.2) is 0 Å². The number of aryl methyl sites for hydroxylation is 1. The highest BCUT2D eigenvalue weighted by molar-refractivity contribution is 7.10. The van der Waals surface area contributed by atoms with Gasteiger partial charge in [-0.1, -0.05) is 13.0 Å². The van der Waals surface area contributed by atoms with Crippen LogP contribution in [0.4, 0.5) is 5.82 Å². The summed E-state index contributed by atoms with van der Waals surface area (Å²) in [5.74, 6) is 0.773. The molecule has 0 aromatic carbocycles. The summed E-state index contributed by atoms with van der Waals surface area (Å²) in [6, 6.07) is 4.48. The molecule has 0 spiro atoms. The number of aromatic nitrogens is 2. The maximum Gasteiger partial charge on any atom is 0.125 e. The van der Waals surface area contributed by atoms with E-state index in [9.17, 15) is 0 Å². The number of hydrogen-bond acceptors (Lipinski definition) is 3. The average molecular weight is 221 g/mol. The molecule has 2 heterocycles. The van der Waals surface area contributed by atoms with Crippen molar-refractivity contribution in [3.8, 4) is 0 Å². The Kier molecular flexibility index (Phi) is 2.77. The SMILES string of the molecule is CCC(c1cccs1)n1ncc(C)c1N. The summed E-state index contributed by atoms with van der Waals surface area (Å²) in [5.41, 5.74) is 7.04. The molecule has 3 nitrogen and oxygen atoms in total. The summed E-state index contributed by atoms with van der Waals surface area (Å²) >= 11 is 1.75. The molecule has 0 aliphatic heterocycles. The maximum atomic E-state index is 5.99. The standard InChI is InChI=1S/C11H15N3S/c1-3-9(10-5-4-6-15-10)14-11(12)8(2)7-13-14/h4-7,9H,3,12H2,1-2H3. The van der Waals surface area contributed by atoms with Crippen LogP contribution in [0.25, 0.3) is 0 Å². The van der Waals surface area contributed by atoms with Crippen molar-refractivity contribution in [3.63, 3.8) is 0 Å². The van der Waals surface area contributed by atoms with Gasteiger partial charge in [0.25, 0.3) is 0 Å². The first kappa shape index (κ1) is 10.2. The van der Waals surface area contributed by atoms with Gasteiger partial charge in [-0.15, -0.1) is 11.3 Å². The van der Waals surface area contributed by atoms with Crippen LogP contribution in [0.15, 0.2) is 23.7 Å². The van der Waals surface area contributed by atoms with Crippen molar-refractivity contribution < 1.29 is 0 Å². The van der Waals surface area contributed by atoms with Gasteiger partial charge in [0.2, 0.25) is 0 Å². The van der Waals surface area contributed by atoms with Crippen molar-refractivity contribution >= 4 is 17.2 Å². The van der Waals surface area contributed by atoms with Crippen LogP contribution in [0.3, 0.4) is 0 Å². The summed E-state index contributed by atoms with van der Waals surface area (Å²) in [6.07, 6.45) is 2.83. The van der Waals surface area contributed by atoms with Gasteiger partial charge in [-0.3, -0.25) is 0 Å². The second-order valence-electron chi connectivity index (χ2n) is 3.60. The van der Waals surface area contributed by atoms with Crippen molar-refractivity contribution in [1.29, 1.82) is 0 Å². The molecule has 0 aliphatic carbocycles. The third-order valence-electron chi connectivity index (χ3n) is 2.58. The van der Waals surface area contributed by atoms with Crippen molar-refractivity contribution in [1.82, 2.24) is 9.78 Å². The van der Waals surface area contributed by atoms with E-state index in [1.54, 1.807) is 11.3 Å². The fourth-order valence-corrected chi connectivity index (χ4v) is 2.58. The number of rotatable bonds is 3. The lowest BCUT2D eigenvalue weighted by Gasteiger charge is -2.15. The first-order valence-corrected chi connectivity index (χ1v) is 5.95. The third-order valence-corrected chi connectivity index (χ3v) is 3.55. The second-order valence-corrected chi connectivity index (χ2v) is 4.58. The van der Waals surface area contributed by atoms with E-state index < -0.39 is 0 Å². The molecule has 2 rings (SSSR count). The predicted molar refractivity (Wildman–Crippen MR) is 64.1 cm³/mol. The Morgan fingerprint density at radius 2 is 2.40 bits per heavy atom. The van der Waals surface area contributed by atoms with Crippen LogP contribution in [0.5, 0.6) is 0 Å². The summed E-state index contributed by atoms with van der Waals surface area (Å²) in [4.78, 5) is 1.31. The first-order chi connectivity index (χ1) is 7.24. The molecule has 0 saturated heterocycles. The quantitative estimate of drug-likeness (QED) is 0.866. The topological polar surface area (TPSA) is 43.8 Å². The number of nitrogen functional groups attached to an aromatic ring is 1. The Morgan fingerprint density at radius 1 is 1.60 bits per heavy atom. The molecule has 2 N–H and O–H groups in total. The van der Waals surface area contributed by atoms with Crippen LogP contribution in [0, 0.1) is 6.92 Å². The average Bonchev–Trinajstić information content (AvgIpc) is 2.84. The Morgan fingerprint density at radius 3 is 2.87 bits per heavy atom.